The maximum absolute atomic E-state index is 12.1. The zero-order valence-corrected chi connectivity index (χ0v) is 12.1. The summed E-state index contributed by atoms with van der Waals surface area (Å²) in [6.45, 7) is 0.987. The van der Waals surface area contributed by atoms with E-state index in [1.807, 2.05) is 11.4 Å². The van der Waals surface area contributed by atoms with E-state index in [4.69, 9.17) is 10.2 Å². The van der Waals surface area contributed by atoms with Gasteiger partial charge in [0, 0.05) is 24.4 Å². The van der Waals surface area contributed by atoms with Gasteiger partial charge in [0.25, 0.3) is 0 Å². The molecule has 7 nitrogen and oxygen atoms in total. The molecule has 21 heavy (non-hydrogen) atoms. The van der Waals surface area contributed by atoms with Gasteiger partial charge >= 0.3 is 18.0 Å². The van der Waals surface area contributed by atoms with E-state index in [0.29, 0.717) is 13.1 Å². The summed E-state index contributed by atoms with van der Waals surface area (Å²) >= 11 is 1.65. The summed E-state index contributed by atoms with van der Waals surface area (Å²) in [6.07, 6.45) is 0.327. The standard InChI is InChI=1S/C13H16N2O5S/c16-11(17)2-1-9(12(18)19)14-13(20)15-5-3-10-8(7-15)4-6-21-10/h4,6,9H,1-3,5,7H2,(H,14,20)(H,16,17)(H,18,19). The van der Waals surface area contributed by atoms with Gasteiger partial charge in [0.2, 0.25) is 0 Å². The van der Waals surface area contributed by atoms with Gasteiger partial charge < -0.3 is 20.4 Å². The summed E-state index contributed by atoms with van der Waals surface area (Å²) in [7, 11) is 0. The van der Waals surface area contributed by atoms with Crippen LogP contribution in [0.15, 0.2) is 11.4 Å². The van der Waals surface area contributed by atoms with Gasteiger partial charge in [0.05, 0.1) is 0 Å². The predicted molar refractivity (Wildman–Crippen MR) is 75.3 cm³/mol. The number of carbonyl (C=O) groups excluding carboxylic acids is 1. The minimum absolute atomic E-state index is 0.131. The highest BCUT2D eigenvalue weighted by atomic mass is 32.1. The largest absolute Gasteiger partial charge is 0.481 e. The van der Waals surface area contributed by atoms with Crippen LogP contribution >= 0.6 is 11.3 Å². The number of rotatable bonds is 5. The second-order valence-corrected chi connectivity index (χ2v) is 5.81. The van der Waals surface area contributed by atoms with Gasteiger partial charge in [0.1, 0.15) is 6.04 Å². The lowest BCUT2D eigenvalue weighted by Gasteiger charge is -2.28. The quantitative estimate of drug-likeness (QED) is 0.755. The number of hydrogen-bond acceptors (Lipinski definition) is 4. The van der Waals surface area contributed by atoms with Crippen molar-refractivity contribution >= 4 is 29.3 Å². The van der Waals surface area contributed by atoms with Crippen molar-refractivity contribution in [1.29, 1.82) is 0 Å². The Morgan fingerprint density at radius 3 is 2.81 bits per heavy atom. The molecular weight excluding hydrogens is 296 g/mol. The molecule has 0 aromatic carbocycles. The summed E-state index contributed by atoms with van der Waals surface area (Å²) in [5, 5.41) is 22.0. The topological polar surface area (TPSA) is 107 Å². The first kappa shape index (κ1) is 15.3. The van der Waals surface area contributed by atoms with E-state index in [9.17, 15) is 14.4 Å². The lowest BCUT2D eigenvalue weighted by Crippen LogP contribution is -2.49. The van der Waals surface area contributed by atoms with E-state index in [1.54, 1.807) is 16.2 Å². The molecule has 8 heteroatoms. The number of fused-ring (bicyclic) bond motifs is 1. The Balaban J connectivity index is 1.93. The molecule has 0 aliphatic carbocycles. The molecule has 0 saturated heterocycles. The molecule has 0 bridgehead atoms. The number of hydrogen-bond donors (Lipinski definition) is 3. The van der Waals surface area contributed by atoms with E-state index in [2.05, 4.69) is 5.32 Å². The summed E-state index contributed by atoms with van der Waals surface area (Å²) in [5.41, 5.74) is 1.08. The highest BCUT2D eigenvalue weighted by molar-refractivity contribution is 7.10. The maximum Gasteiger partial charge on any atom is 0.326 e. The first-order valence-corrected chi connectivity index (χ1v) is 7.40. The smallest absolute Gasteiger partial charge is 0.326 e. The monoisotopic (exact) mass is 312 g/mol. The lowest BCUT2D eigenvalue weighted by atomic mass is 10.1. The number of carboxylic acid groups (broad SMARTS) is 2. The molecule has 0 fully saturated rings. The van der Waals surface area contributed by atoms with Crippen molar-refractivity contribution in [2.75, 3.05) is 6.54 Å². The Bertz CT molecular complexity index is 557. The minimum atomic E-state index is -1.22. The van der Waals surface area contributed by atoms with Crippen LogP contribution in [0, 0.1) is 0 Å². The molecule has 0 spiro atoms. The van der Waals surface area contributed by atoms with Crippen LogP contribution in [-0.4, -0.2) is 45.7 Å². The summed E-state index contributed by atoms with van der Waals surface area (Å²) in [5.74, 6) is -2.31. The summed E-state index contributed by atoms with van der Waals surface area (Å²) in [4.78, 5) is 36.5. The van der Waals surface area contributed by atoms with Crippen LogP contribution < -0.4 is 5.32 Å². The molecule has 2 amide bonds. The molecule has 1 aromatic rings. The van der Waals surface area contributed by atoms with Crippen LogP contribution in [0.3, 0.4) is 0 Å². The SMILES string of the molecule is O=C(O)CCC(NC(=O)N1CCc2sccc2C1)C(=O)O. The average Bonchev–Trinajstić information content (AvgIpc) is 2.89. The van der Waals surface area contributed by atoms with Crippen molar-refractivity contribution in [2.45, 2.75) is 31.8 Å². The second-order valence-electron chi connectivity index (χ2n) is 4.81. The third kappa shape index (κ3) is 3.94. The molecule has 1 aromatic heterocycles. The minimum Gasteiger partial charge on any atom is -0.481 e. The van der Waals surface area contributed by atoms with Crippen LogP contribution in [0.4, 0.5) is 4.79 Å². The van der Waals surface area contributed by atoms with Crippen molar-refractivity contribution in [3.8, 4) is 0 Å². The highest BCUT2D eigenvalue weighted by Crippen LogP contribution is 2.23. The third-order valence-electron chi connectivity index (χ3n) is 3.34. The number of nitrogens with one attached hydrogen (secondary N) is 1. The van der Waals surface area contributed by atoms with Crippen LogP contribution in [0.5, 0.6) is 0 Å². The fourth-order valence-corrected chi connectivity index (χ4v) is 3.08. The molecule has 1 unspecified atom stereocenters. The van der Waals surface area contributed by atoms with Gasteiger partial charge in [-0.25, -0.2) is 9.59 Å². The Kier molecular flexibility index (Phi) is 4.79. The highest BCUT2D eigenvalue weighted by Gasteiger charge is 2.26. The molecule has 1 atom stereocenters. The van der Waals surface area contributed by atoms with Crippen molar-refractivity contribution in [2.24, 2.45) is 0 Å². The van der Waals surface area contributed by atoms with E-state index < -0.39 is 24.0 Å². The number of nitrogens with zero attached hydrogens (tertiary/aromatic N) is 1. The van der Waals surface area contributed by atoms with Crippen molar-refractivity contribution in [3.05, 3.63) is 21.9 Å². The zero-order valence-electron chi connectivity index (χ0n) is 11.2. The van der Waals surface area contributed by atoms with Crippen LogP contribution in [0.1, 0.15) is 23.3 Å². The van der Waals surface area contributed by atoms with E-state index in [0.717, 1.165) is 12.0 Å². The predicted octanol–water partition coefficient (Wildman–Crippen LogP) is 1.13. The average molecular weight is 312 g/mol. The van der Waals surface area contributed by atoms with Gasteiger partial charge in [-0.05, 0) is 29.9 Å². The van der Waals surface area contributed by atoms with Crippen LogP contribution in [0.25, 0.3) is 0 Å². The number of aliphatic carboxylic acids is 2. The molecule has 0 radical (unpaired) electrons. The molecule has 1 aliphatic rings. The lowest BCUT2D eigenvalue weighted by molar-refractivity contribution is -0.140. The second kappa shape index (κ2) is 6.57. The Labute approximate surface area is 125 Å². The fourth-order valence-electron chi connectivity index (χ4n) is 2.19. The van der Waals surface area contributed by atoms with Crippen molar-refractivity contribution in [3.63, 3.8) is 0 Å². The van der Waals surface area contributed by atoms with Crippen LogP contribution in [0.2, 0.25) is 0 Å². The normalized spacial score (nSPS) is 15.1. The Hall–Kier alpha value is -2.09. The molecule has 1 aliphatic heterocycles. The molecular formula is C13H16N2O5S. The number of carbonyl (C=O) groups is 3. The number of carboxylic acids is 2. The molecule has 0 saturated carbocycles. The van der Waals surface area contributed by atoms with Gasteiger partial charge in [-0.2, -0.15) is 0 Å². The fraction of sp³-hybridized carbons (Fsp3) is 0.462. The number of thiophene rings is 1. The van der Waals surface area contributed by atoms with Gasteiger partial charge in [-0.3, -0.25) is 4.79 Å². The Morgan fingerprint density at radius 1 is 1.38 bits per heavy atom. The summed E-state index contributed by atoms with van der Waals surface area (Å²) in [6, 6.07) is 0.306. The van der Waals surface area contributed by atoms with Crippen molar-refractivity contribution in [1.82, 2.24) is 10.2 Å². The van der Waals surface area contributed by atoms with Crippen molar-refractivity contribution < 1.29 is 24.6 Å². The van der Waals surface area contributed by atoms with E-state index in [1.165, 1.54) is 4.88 Å². The van der Waals surface area contributed by atoms with Gasteiger partial charge in [-0.1, -0.05) is 0 Å². The number of amides is 2. The van der Waals surface area contributed by atoms with Gasteiger partial charge in [0.15, 0.2) is 0 Å². The summed E-state index contributed by atoms with van der Waals surface area (Å²) < 4.78 is 0. The Morgan fingerprint density at radius 2 is 2.14 bits per heavy atom. The first-order valence-electron chi connectivity index (χ1n) is 6.52. The van der Waals surface area contributed by atoms with E-state index in [-0.39, 0.29) is 12.8 Å². The maximum atomic E-state index is 12.1. The van der Waals surface area contributed by atoms with Gasteiger partial charge in [-0.15, -0.1) is 11.3 Å². The van der Waals surface area contributed by atoms with E-state index >= 15 is 0 Å². The molecule has 2 heterocycles. The number of urea groups is 1. The molecule has 2 rings (SSSR count). The third-order valence-corrected chi connectivity index (χ3v) is 4.36. The first-order chi connectivity index (χ1) is 9.97. The molecule has 3 N–H and O–H groups in total. The van der Waals surface area contributed by atoms with Crippen LogP contribution in [-0.2, 0) is 22.6 Å². The zero-order chi connectivity index (χ0) is 15.4. The molecule has 114 valence electrons.